The van der Waals surface area contributed by atoms with Crippen molar-refractivity contribution in [2.45, 2.75) is 25.8 Å². The molecule has 1 unspecified atom stereocenters. The van der Waals surface area contributed by atoms with E-state index in [4.69, 9.17) is 0 Å². The number of hydrogen-bond donors (Lipinski definition) is 1. The van der Waals surface area contributed by atoms with Crippen LogP contribution in [0.3, 0.4) is 0 Å². The van der Waals surface area contributed by atoms with Crippen LogP contribution in [-0.2, 0) is 5.54 Å². The van der Waals surface area contributed by atoms with Gasteiger partial charge < -0.3 is 19.5 Å². The molecule has 1 atom stereocenters. The fourth-order valence-electron chi connectivity index (χ4n) is 4.93. The van der Waals surface area contributed by atoms with Crippen molar-refractivity contribution in [3.63, 3.8) is 0 Å². The first kappa shape index (κ1) is 19.4. The van der Waals surface area contributed by atoms with Gasteiger partial charge in [-0.2, -0.15) is 0 Å². The Hall–Kier alpha value is -3.54. The van der Waals surface area contributed by atoms with Gasteiger partial charge in [0.2, 0.25) is 0 Å². The molecule has 6 heteroatoms. The summed E-state index contributed by atoms with van der Waals surface area (Å²) in [4.78, 5) is 22.2. The van der Waals surface area contributed by atoms with Gasteiger partial charge in [0.25, 0.3) is 5.91 Å². The Morgan fingerprint density at radius 3 is 2.87 bits per heavy atom. The van der Waals surface area contributed by atoms with E-state index in [9.17, 15) is 9.90 Å². The summed E-state index contributed by atoms with van der Waals surface area (Å²) < 4.78 is 2.15. The molecule has 158 valence electrons. The van der Waals surface area contributed by atoms with Gasteiger partial charge in [-0.05, 0) is 62.2 Å². The fourth-order valence-corrected chi connectivity index (χ4v) is 4.93. The van der Waals surface area contributed by atoms with Crippen LogP contribution in [0.4, 0.5) is 5.69 Å². The van der Waals surface area contributed by atoms with E-state index in [1.54, 1.807) is 18.2 Å². The lowest BCUT2D eigenvalue weighted by molar-refractivity contribution is 0.0782. The van der Waals surface area contributed by atoms with Crippen molar-refractivity contribution in [2.75, 3.05) is 24.5 Å². The number of benzene rings is 1. The summed E-state index contributed by atoms with van der Waals surface area (Å²) in [5.41, 5.74) is 4.16. The maximum atomic E-state index is 13.3. The highest BCUT2D eigenvalue weighted by Gasteiger charge is 2.50. The van der Waals surface area contributed by atoms with Crippen LogP contribution >= 0.6 is 0 Å². The molecule has 1 saturated heterocycles. The number of aromatic hydroxyl groups is 1. The lowest BCUT2D eigenvalue weighted by Crippen LogP contribution is -2.53. The number of carbonyl (C=O) groups excluding carboxylic acids is 1. The zero-order valence-corrected chi connectivity index (χ0v) is 17.9. The maximum absolute atomic E-state index is 13.3. The van der Waals surface area contributed by atoms with E-state index in [0.29, 0.717) is 25.2 Å². The molecule has 3 aromatic rings. The quantitative estimate of drug-likeness (QED) is 0.658. The van der Waals surface area contributed by atoms with Crippen LogP contribution in [0, 0.1) is 6.92 Å². The molecular weight excluding hydrogens is 388 g/mol. The summed E-state index contributed by atoms with van der Waals surface area (Å²) >= 11 is 0. The Bertz CT molecular complexity index is 1200. The number of aryl methyl sites for hydroxylation is 1. The van der Waals surface area contributed by atoms with Gasteiger partial charge in [0.05, 0.1) is 11.4 Å². The van der Waals surface area contributed by atoms with Crippen molar-refractivity contribution in [3.05, 3.63) is 83.8 Å². The average Bonchev–Trinajstić information content (AvgIpc) is 3.41. The number of carbonyl (C=O) groups is 1. The topological polar surface area (TPSA) is 61.6 Å². The zero-order chi connectivity index (χ0) is 21.8. The van der Waals surface area contributed by atoms with Crippen LogP contribution in [-0.4, -0.2) is 45.1 Å². The Morgan fingerprint density at radius 1 is 1.26 bits per heavy atom. The van der Waals surface area contributed by atoms with E-state index < -0.39 is 0 Å². The molecule has 1 amide bonds. The second kappa shape index (κ2) is 7.01. The molecule has 5 rings (SSSR count). The third-order valence-corrected chi connectivity index (χ3v) is 6.45. The van der Waals surface area contributed by atoms with E-state index >= 15 is 0 Å². The molecule has 0 bridgehead atoms. The highest BCUT2D eigenvalue weighted by atomic mass is 16.3. The summed E-state index contributed by atoms with van der Waals surface area (Å²) in [5.74, 6) is 0.996. The Kier molecular flexibility index (Phi) is 4.39. The Balaban J connectivity index is 1.57. The van der Waals surface area contributed by atoms with Gasteiger partial charge in [0.1, 0.15) is 11.3 Å². The molecule has 0 saturated carbocycles. The average molecular weight is 415 g/mol. The lowest BCUT2D eigenvalue weighted by atomic mass is 9.88. The van der Waals surface area contributed by atoms with Crippen molar-refractivity contribution in [2.24, 2.45) is 0 Å². The minimum atomic E-state index is -0.360. The molecule has 2 aliphatic heterocycles. The fraction of sp³-hybridized carbons (Fsp3) is 0.280. The molecule has 1 N–H and O–H groups in total. The number of pyridine rings is 1. The van der Waals surface area contributed by atoms with E-state index in [-0.39, 0.29) is 17.2 Å². The highest BCUT2D eigenvalue weighted by Crippen LogP contribution is 2.47. The minimum absolute atomic E-state index is 0.0578. The number of fused-ring (bicyclic) bond motifs is 4. The predicted molar refractivity (Wildman–Crippen MR) is 121 cm³/mol. The molecule has 0 aliphatic carbocycles. The van der Waals surface area contributed by atoms with Gasteiger partial charge in [0, 0.05) is 37.6 Å². The van der Waals surface area contributed by atoms with E-state index in [1.165, 1.54) is 0 Å². The third kappa shape index (κ3) is 2.93. The van der Waals surface area contributed by atoms with E-state index in [1.807, 2.05) is 43.3 Å². The normalized spacial score (nSPS) is 19.4. The van der Waals surface area contributed by atoms with Crippen molar-refractivity contribution >= 4 is 11.6 Å². The molecule has 6 nitrogen and oxygen atoms in total. The largest absolute Gasteiger partial charge is 0.508 e. The number of likely N-dealkylation sites (tertiary alicyclic amines) is 1. The van der Waals surface area contributed by atoms with Crippen molar-refractivity contribution < 1.29 is 9.90 Å². The van der Waals surface area contributed by atoms with Gasteiger partial charge in [0.15, 0.2) is 5.82 Å². The molecule has 2 aliphatic rings. The number of phenols is 1. The second-order valence-corrected chi connectivity index (χ2v) is 8.66. The standard InChI is InChI=1S/C25H26N4O2/c1-17(2)15-29-20-6-4-11-26-23(20)28-12-5-7-22(28)25(29)10-13-27(16-25)24(31)19-9-8-18(3)21(30)14-19/h4-9,11-12,14,30H,1,10,13,15-16H2,2-3H3. The highest BCUT2D eigenvalue weighted by molar-refractivity contribution is 5.95. The molecular formula is C25H26N4O2. The van der Waals surface area contributed by atoms with Crippen molar-refractivity contribution in [1.82, 2.24) is 14.5 Å². The van der Waals surface area contributed by atoms with Gasteiger partial charge in [-0.15, -0.1) is 0 Å². The number of hydrogen-bond acceptors (Lipinski definition) is 4. The van der Waals surface area contributed by atoms with Gasteiger partial charge >= 0.3 is 0 Å². The smallest absolute Gasteiger partial charge is 0.254 e. The number of rotatable bonds is 3. The first-order valence-electron chi connectivity index (χ1n) is 10.5. The number of phenolic OH excluding ortho intramolecular Hbond substituents is 1. The molecule has 1 fully saturated rings. The summed E-state index contributed by atoms with van der Waals surface area (Å²) in [5, 5.41) is 10.1. The number of amides is 1. The van der Waals surface area contributed by atoms with E-state index in [2.05, 4.69) is 33.2 Å². The predicted octanol–water partition coefficient (Wildman–Crippen LogP) is 4.02. The van der Waals surface area contributed by atoms with Crippen LogP contribution in [0.25, 0.3) is 5.82 Å². The van der Waals surface area contributed by atoms with Crippen LogP contribution in [0.1, 0.15) is 35.0 Å². The summed E-state index contributed by atoms with van der Waals surface area (Å²) in [7, 11) is 0. The second-order valence-electron chi connectivity index (χ2n) is 8.66. The Morgan fingerprint density at radius 2 is 2.10 bits per heavy atom. The van der Waals surface area contributed by atoms with Crippen LogP contribution in [0.5, 0.6) is 5.75 Å². The molecule has 1 spiro atoms. The number of aromatic nitrogens is 2. The summed E-state index contributed by atoms with van der Waals surface area (Å²) in [6.07, 6.45) is 4.67. The maximum Gasteiger partial charge on any atom is 0.254 e. The van der Waals surface area contributed by atoms with Gasteiger partial charge in [-0.3, -0.25) is 4.79 Å². The molecule has 2 aromatic heterocycles. The minimum Gasteiger partial charge on any atom is -0.508 e. The Labute approximate surface area is 182 Å². The lowest BCUT2D eigenvalue weighted by Gasteiger charge is -2.47. The third-order valence-electron chi connectivity index (χ3n) is 6.45. The summed E-state index contributed by atoms with van der Waals surface area (Å²) in [6, 6.07) is 13.4. The first-order chi connectivity index (χ1) is 14.9. The van der Waals surface area contributed by atoms with Crippen molar-refractivity contribution in [1.29, 1.82) is 0 Å². The zero-order valence-electron chi connectivity index (χ0n) is 17.9. The van der Waals surface area contributed by atoms with Crippen molar-refractivity contribution in [3.8, 4) is 11.6 Å². The number of nitrogens with zero attached hydrogens (tertiary/aromatic N) is 4. The monoisotopic (exact) mass is 414 g/mol. The summed E-state index contributed by atoms with van der Waals surface area (Å²) in [6.45, 7) is 9.91. The van der Waals surface area contributed by atoms with Gasteiger partial charge in [-0.25, -0.2) is 4.98 Å². The molecule has 1 aromatic carbocycles. The van der Waals surface area contributed by atoms with Crippen LogP contribution in [0.2, 0.25) is 0 Å². The molecule has 31 heavy (non-hydrogen) atoms. The molecule has 4 heterocycles. The van der Waals surface area contributed by atoms with Crippen LogP contribution in [0.15, 0.2) is 67.0 Å². The first-order valence-corrected chi connectivity index (χ1v) is 10.5. The van der Waals surface area contributed by atoms with Crippen LogP contribution < -0.4 is 4.90 Å². The number of anilines is 1. The van der Waals surface area contributed by atoms with E-state index in [0.717, 1.165) is 34.8 Å². The van der Waals surface area contributed by atoms with Gasteiger partial charge in [-0.1, -0.05) is 18.2 Å². The SMILES string of the molecule is C=C(C)CN1c2cccnc2-n2cccc2C12CCN(C(=O)c1ccc(C)c(O)c1)C2. The molecule has 0 radical (unpaired) electrons.